The summed E-state index contributed by atoms with van der Waals surface area (Å²) in [4.78, 5) is 68.2. The summed E-state index contributed by atoms with van der Waals surface area (Å²) in [6.07, 6.45) is -0.248. The van der Waals surface area contributed by atoms with Crippen LogP contribution in [0.25, 0.3) is 0 Å². The molecule has 2 atom stereocenters. The molecule has 12 nitrogen and oxygen atoms in total. The standard InChI is InChI=1S/C21H26O12S2/c1-5-17(23)29-8-15(7-28-13-22)32-19(25)11-34-35-12-20(26)33-16(9-30-18(24)6-2)10-31-21(27)14(3)4/h5-6,13,15-16H,1-3,7-12H2,4H3. The first-order valence-corrected chi connectivity index (χ1v) is 12.2. The number of hydrogen-bond acceptors (Lipinski definition) is 14. The van der Waals surface area contributed by atoms with Gasteiger partial charge in [0.2, 0.25) is 0 Å². The van der Waals surface area contributed by atoms with Gasteiger partial charge in [-0.25, -0.2) is 14.4 Å². The van der Waals surface area contributed by atoms with Crippen molar-refractivity contribution in [1.29, 1.82) is 0 Å². The van der Waals surface area contributed by atoms with Crippen LogP contribution in [0.2, 0.25) is 0 Å². The first-order valence-electron chi connectivity index (χ1n) is 9.72. The van der Waals surface area contributed by atoms with Gasteiger partial charge in [-0.15, -0.1) is 0 Å². The zero-order valence-electron chi connectivity index (χ0n) is 19.0. The molecule has 0 aromatic heterocycles. The lowest BCUT2D eigenvalue weighted by Crippen LogP contribution is -2.31. The topological polar surface area (TPSA) is 158 Å². The van der Waals surface area contributed by atoms with Crippen molar-refractivity contribution in [3.63, 3.8) is 0 Å². The summed E-state index contributed by atoms with van der Waals surface area (Å²) in [5.41, 5.74) is 0.135. The molecule has 0 aliphatic rings. The van der Waals surface area contributed by atoms with Crippen LogP contribution in [-0.4, -0.2) is 86.5 Å². The molecular formula is C21H26O12S2. The second kappa shape index (κ2) is 19.1. The lowest BCUT2D eigenvalue weighted by atomic mass is 10.3. The van der Waals surface area contributed by atoms with E-state index >= 15 is 0 Å². The molecule has 2 unspecified atom stereocenters. The van der Waals surface area contributed by atoms with Crippen LogP contribution >= 0.6 is 21.6 Å². The summed E-state index contributed by atoms with van der Waals surface area (Å²) in [6, 6.07) is 0. The van der Waals surface area contributed by atoms with Gasteiger partial charge in [0, 0.05) is 17.7 Å². The van der Waals surface area contributed by atoms with Gasteiger partial charge in [0.15, 0.2) is 12.2 Å². The maximum Gasteiger partial charge on any atom is 0.333 e. The zero-order chi connectivity index (χ0) is 26.6. The summed E-state index contributed by atoms with van der Waals surface area (Å²) in [6.45, 7) is 10.1. The quantitative estimate of drug-likeness (QED) is 0.0575. The minimum Gasteiger partial charge on any atom is -0.464 e. The van der Waals surface area contributed by atoms with Crippen LogP contribution < -0.4 is 0 Å². The number of carbonyl (C=O) groups excluding carboxylic acids is 6. The third-order valence-electron chi connectivity index (χ3n) is 3.29. The molecule has 0 bridgehead atoms. The van der Waals surface area contributed by atoms with Gasteiger partial charge in [0.05, 0.1) is 0 Å². The lowest BCUT2D eigenvalue weighted by molar-refractivity contribution is -0.162. The molecule has 0 heterocycles. The Morgan fingerprint density at radius 3 is 1.60 bits per heavy atom. The summed E-state index contributed by atoms with van der Waals surface area (Å²) >= 11 is 0. The highest BCUT2D eigenvalue weighted by Crippen LogP contribution is 2.22. The van der Waals surface area contributed by atoms with Crippen molar-refractivity contribution in [3.8, 4) is 0 Å². The molecule has 0 spiro atoms. The molecule has 194 valence electrons. The van der Waals surface area contributed by atoms with Crippen molar-refractivity contribution in [2.24, 2.45) is 0 Å². The van der Waals surface area contributed by atoms with Crippen molar-refractivity contribution in [2.75, 3.05) is 37.9 Å². The fourth-order valence-electron chi connectivity index (χ4n) is 1.76. The third kappa shape index (κ3) is 16.9. The summed E-state index contributed by atoms with van der Waals surface area (Å²) in [5, 5.41) is 0. The molecule has 0 amide bonds. The maximum atomic E-state index is 12.1. The largest absolute Gasteiger partial charge is 0.464 e. The molecule has 0 fully saturated rings. The van der Waals surface area contributed by atoms with Crippen molar-refractivity contribution in [2.45, 2.75) is 19.1 Å². The summed E-state index contributed by atoms with van der Waals surface area (Å²) in [7, 11) is 1.93. The van der Waals surface area contributed by atoms with Crippen LogP contribution in [0.1, 0.15) is 6.92 Å². The first kappa shape index (κ1) is 31.7. The molecule has 0 aromatic carbocycles. The van der Waals surface area contributed by atoms with Crippen LogP contribution in [-0.2, 0) is 57.2 Å². The smallest absolute Gasteiger partial charge is 0.333 e. The minimum atomic E-state index is -1.07. The Hall–Kier alpha value is -3.26. The fraction of sp³-hybridized carbons (Fsp3) is 0.429. The average Bonchev–Trinajstić information content (AvgIpc) is 2.84. The molecule has 0 saturated heterocycles. The van der Waals surface area contributed by atoms with Gasteiger partial charge >= 0.3 is 29.8 Å². The van der Waals surface area contributed by atoms with E-state index in [2.05, 4.69) is 24.5 Å². The Bertz CT molecular complexity index is 795. The molecule has 0 aliphatic heterocycles. The van der Waals surface area contributed by atoms with Gasteiger partial charge in [-0.1, -0.05) is 41.3 Å². The average molecular weight is 535 g/mol. The van der Waals surface area contributed by atoms with E-state index in [9.17, 15) is 28.8 Å². The Morgan fingerprint density at radius 1 is 0.771 bits per heavy atom. The predicted molar refractivity (Wildman–Crippen MR) is 125 cm³/mol. The van der Waals surface area contributed by atoms with E-state index in [4.69, 9.17) is 23.7 Å². The van der Waals surface area contributed by atoms with Crippen molar-refractivity contribution >= 4 is 57.9 Å². The summed E-state index contributed by atoms with van der Waals surface area (Å²) in [5.74, 6) is -4.04. The highest BCUT2D eigenvalue weighted by atomic mass is 33.1. The summed E-state index contributed by atoms with van der Waals surface area (Å²) < 4.78 is 29.2. The van der Waals surface area contributed by atoms with E-state index in [0.717, 1.165) is 33.7 Å². The van der Waals surface area contributed by atoms with E-state index in [1.165, 1.54) is 6.92 Å². The van der Waals surface area contributed by atoms with Gasteiger partial charge in [-0.3, -0.25) is 14.4 Å². The first-order chi connectivity index (χ1) is 16.6. The Kier molecular flexibility index (Phi) is 17.3. The second-order valence-corrected chi connectivity index (χ2v) is 8.69. The highest BCUT2D eigenvalue weighted by Gasteiger charge is 2.20. The lowest BCUT2D eigenvalue weighted by Gasteiger charge is -2.18. The molecule has 0 rings (SSSR count). The Balaban J connectivity index is 4.51. The number of rotatable bonds is 19. The van der Waals surface area contributed by atoms with Crippen LogP contribution in [0.3, 0.4) is 0 Å². The molecule has 0 N–H and O–H groups in total. The van der Waals surface area contributed by atoms with E-state index in [-0.39, 0.29) is 50.0 Å². The maximum absolute atomic E-state index is 12.1. The normalized spacial score (nSPS) is 11.6. The predicted octanol–water partition coefficient (Wildman–Crippen LogP) is 0.942. The number of ether oxygens (including phenoxy) is 6. The minimum absolute atomic E-state index is 0.135. The zero-order valence-corrected chi connectivity index (χ0v) is 20.6. The van der Waals surface area contributed by atoms with Crippen molar-refractivity contribution in [1.82, 2.24) is 0 Å². The van der Waals surface area contributed by atoms with Crippen LogP contribution in [0.5, 0.6) is 0 Å². The monoisotopic (exact) mass is 534 g/mol. The van der Waals surface area contributed by atoms with Gasteiger partial charge in [-0.05, 0) is 6.92 Å². The number of carbonyl (C=O) groups is 6. The molecule has 0 aliphatic carbocycles. The van der Waals surface area contributed by atoms with Gasteiger partial charge < -0.3 is 28.4 Å². The van der Waals surface area contributed by atoms with E-state index < -0.39 is 42.1 Å². The van der Waals surface area contributed by atoms with Crippen LogP contribution in [0.15, 0.2) is 37.5 Å². The fourth-order valence-corrected chi connectivity index (χ4v) is 3.33. The van der Waals surface area contributed by atoms with Gasteiger partial charge in [0.25, 0.3) is 6.47 Å². The van der Waals surface area contributed by atoms with E-state index in [1.807, 2.05) is 0 Å². The van der Waals surface area contributed by atoms with Crippen LogP contribution in [0, 0.1) is 0 Å². The Labute approximate surface area is 209 Å². The SMILES string of the molecule is C=CC(=O)OCC(COC=O)OC(=O)CSSCC(=O)OC(COC(=O)C=C)COC(=O)C(=C)C. The molecule has 35 heavy (non-hydrogen) atoms. The molecule has 0 aromatic rings. The Morgan fingerprint density at radius 2 is 1.20 bits per heavy atom. The molecule has 0 saturated carbocycles. The van der Waals surface area contributed by atoms with Crippen LogP contribution in [0.4, 0.5) is 0 Å². The second-order valence-electron chi connectivity index (χ2n) is 6.22. The van der Waals surface area contributed by atoms with Crippen molar-refractivity contribution in [3.05, 3.63) is 37.5 Å². The van der Waals surface area contributed by atoms with E-state index in [1.54, 1.807) is 0 Å². The number of hydrogen-bond donors (Lipinski definition) is 0. The third-order valence-corrected chi connectivity index (χ3v) is 5.37. The van der Waals surface area contributed by atoms with E-state index in [0.29, 0.717) is 0 Å². The van der Waals surface area contributed by atoms with Gasteiger partial charge in [-0.2, -0.15) is 0 Å². The van der Waals surface area contributed by atoms with Crippen molar-refractivity contribution < 1.29 is 57.2 Å². The highest BCUT2D eigenvalue weighted by molar-refractivity contribution is 8.77. The van der Waals surface area contributed by atoms with Gasteiger partial charge in [0.1, 0.15) is 37.9 Å². The number of esters is 5. The molecular weight excluding hydrogens is 508 g/mol. The molecule has 0 radical (unpaired) electrons. The molecule has 14 heteroatoms.